The monoisotopic (exact) mass is 296 g/mol. The first-order chi connectivity index (χ1) is 9.69. The van der Waals surface area contributed by atoms with Crippen LogP contribution in [-0.2, 0) is 4.74 Å². The van der Waals surface area contributed by atoms with Gasteiger partial charge in [-0.1, -0.05) is 31.5 Å². The van der Waals surface area contributed by atoms with Crippen molar-refractivity contribution in [1.29, 1.82) is 0 Å². The molecule has 1 unspecified atom stereocenters. The summed E-state index contributed by atoms with van der Waals surface area (Å²) in [6, 6.07) is 1.50. The van der Waals surface area contributed by atoms with Crippen molar-refractivity contribution in [2.45, 2.75) is 81.9 Å². The Hall–Kier alpha value is -0.190. The van der Waals surface area contributed by atoms with E-state index in [4.69, 9.17) is 22.7 Å². The molecule has 0 aromatic carbocycles. The van der Waals surface area contributed by atoms with Gasteiger partial charge in [0.05, 0.1) is 10.6 Å². The van der Waals surface area contributed by atoms with Crippen molar-refractivity contribution in [2.75, 3.05) is 13.2 Å². The Morgan fingerprint density at radius 2 is 1.90 bits per heavy atom. The highest BCUT2D eigenvalue weighted by Crippen LogP contribution is 2.42. The van der Waals surface area contributed by atoms with Gasteiger partial charge in [0.25, 0.3) is 0 Å². The molecular formula is C16H28N2OS. The summed E-state index contributed by atoms with van der Waals surface area (Å²) >= 11 is 5.07. The number of hydrogen-bond donors (Lipinski definition) is 1. The highest BCUT2D eigenvalue weighted by atomic mass is 32.1. The van der Waals surface area contributed by atoms with Crippen molar-refractivity contribution < 1.29 is 4.74 Å². The van der Waals surface area contributed by atoms with E-state index in [2.05, 4.69) is 4.90 Å². The smallest absolute Gasteiger partial charge is 0.0740 e. The molecule has 3 aliphatic rings. The SMILES string of the molecule is NC(=S)CCN(C1CC1)C1CCOC2(CCCCC2)C1. The van der Waals surface area contributed by atoms with Crippen LogP contribution in [0.15, 0.2) is 0 Å². The van der Waals surface area contributed by atoms with Gasteiger partial charge in [-0.3, -0.25) is 4.90 Å². The lowest BCUT2D eigenvalue weighted by Gasteiger charge is -2.46. The third kappa shape index (κ3) is 3.52. The molecule has 0 amide bonds. The second kappa shape index (κ2) is 6.29. The lowest BCUT2D eigenvalue weighted by atomic mass is 9.78. The van der Waals surface area contributed by atoms with E-state index in [9.17, 15) is 0 Å². The van der Waals surface area contributed by atoms with Crippen LogP contribution in [0.1, 0.15) is 64.2 Å². The fourth-order valence-electron chi connectivity index (χ4n) is 4.14. The third-order valence-electron chi connectivity index (χ3n) is 5.33. The van der Waals surface area contributed by atoms with E-state index in [-0.39, 0.29) is 5.60 Å². The van der Waals surface area contributed by atoms with E-state index in [1.165, 1.54) is 57.8 Å². The molecule has 3 rings (SSSR count). The van der Waals surface area contributed by atoms with Crippen LogP contribution in [0.3, 0.4) is 0 Å². The van der Waals surface area contributed by atoms with Gasteiger partial charge >= 0.3 is 0 Å². The lowest BCUT2D eigenvalue weighted by molar-refractivity contribution is -0.125. The molecule has 2 N–H and O–H groups in total. The van der Waals surface area contributed by atoms with E-state index < -0.39 is 0 Å². The minimum Gasteiger partial charge on any atom is -0.393 e. The van der Waals surface area contributed by atoms with Crippen molar-refractivity contribution in [3.05, 3.63) is 0 Å². The molecular weight excluding hydrogens is 268 g/mol. The topological polar surface area (TPSA) is 38.5 Å². The van der Waals surface area contributed by atoms with E-state index in [0.29, 0.717) is 11.0 Å². The van der Waals surface area contributed by atoms with Crippen molar-refractivity contribution in [3.8, 4) is 0 Å². The first kappa shape index (κ1) is 14.7. The van der Waals surface area contributed by atoms with E-state index in [1.54, 1.807) is 0 Å². The highest BCUT2D eigenvalue weighted by Gasteiger charge is 2.43. The molecule has 3 nitrogen and oxygen atoms in total. The zero-order chi connectivity index (χ0) is 14.0. The number of hydrogen-bond acceptors (Lipinski definition) is 3. The Kier molecular flexibility index (Phi) is 4.63. The zero-order valence-corrected chi connectivity index (χ0v) is 13.3. The molecule has 2 aliphatic carbocycles. The van der Waals surface area contributed by atoms with Crippen LogP contribution in [0.5, 0.6) is 0 Å². The van der Waals surface area contributed by atoms with Crippen molar-refractivity contribution >= 4 is 17.2 Å². The summed E-state index contributed by atoms with van der Waals surface area (Å²) in [5.41, 5.74) is 5.91. The Morgan fingerprint density at radius 1 is 1.15 bits per heavy atom. The molecule has 114 valence electrons. The number of thiocarbonyl (C=S) groups is 1. The normalized spacial score (nSPS) is 29.8. The third-order valence-corrected chi connectivity index (χ3v) is 5.54. The summed E-state index contributed by atoms with van der Waals surface area (Å²) in [6.45, 7) is 2.00. The highest BCUT2D eigenvalue weighted by molar-refractivity contribution is 7.80. The molecule has 3 fully saturated rings. The van der Waals surface area contributed by atoms with Gasteiger partial charge < -0.3 is 10.5 Å². The molecule has 1 heterocycles. The van der Waals surface area contributed by atoms with E-state index >= 15 is 0 Å². The fourth-order valence-corrected chi connectivity index (χ4v) is 4.23. The molecule has 0 aromatic rings. The Bertz CT molecular complexity index is 345. The molecule has 1 atom stereocenters. The van der Waals surface area contributed by atoms with Crippen molar-refractivity contribution in [3.63, 3.8) is 0 Å². The largest absolute Gasteiger partial charge is 0.393 e. The van der Waals surface area contributed by atoms with E-state index in [1.807, 2.05) is 0 Å². The van der Waals surface area contributed by atoms with Crippen LogP contribution >= 0.6 is 12.2 Å². The van der Waals surface area contributed by atoms with Gasteiger partial charge in [-0.05, 0) is 38.5 Å². The van der Waals surface area contributed by atoms with Crippen LogP contribution in [0.2, 0.25) is 0 Å². The zero-order valence-electron chi connectivity index (χ0n) is 12.5. The number of nitrogens with two attached hydrogens (primary N) is 1. The van der Waals surface area contributed by atoms with Gasteiger partial charge in [-0.2, -0.15) is 0 Å². The maximum atomic E-state index is 6.24. The summed E-state index contributed by atoms with van der Waals surface area (Å²) < 4.78 is 6.24. The first-order valence-corrected chi connectivity index (χ1v) is 8.77. The van der Waals surface area contributed by atoms with Gasteiger partial charge in [0, 0.05) is 31.7 Å². The fraction of sp³-hybridized carbons (Fsp3) is 0.938. The number of ether oxygens (including phenoxy) is 1. The second-order valence-electron chi connectivity index (χ2n) is 6.92. The molecule has 0 bridgehead atoms. The maximum absolute atomic E-state index is 6.24. The lowest BCUT2D eigenvalue weighted by Crippen LogP contribution is -2.50. The van der Waals surface area contributed by atoms with Crippen LogP contribution < -0.4 is 5.73 Å². The molecule has 1 aliphatic heterocycles. The second-order valence-corrected chi connectivity index (χ2v) is 7.45. The van der Waals surface area contributed by atoms with Gasteiger partial charge in [-0.15, -0.1) is 0 Å². The van der Waals surface area contributed by atoms with Gasteiger partial charge in [0.1, 0.15) is 0 Å². The summed E-state index contributed by atoms with van der Waals surface area (Å²) in [5.74, 6) is 0. The van der Waals surface area contributed by atoms with Crippen LogP contribution in [0.25, 0.3) is 0 Å². The number of rotatable bonds is 5. The van der Waals surface area contributed by atoms with Gasteiger partial charge in [0.2, 0.25) is 0 Å². The molecule has 1 spiro atoms. The molecule has 4 heteroatoms. The van der Waals surface area contributed by atoms with Gasteiger partial charge in [-0.25, -0.2) is 0 Å². The number of nitrogens with zero attached hydrogens (tertiary/aromatic N) is 1. The van der Waals surface area contributed by atoms with Crippen LogP contribution in [-0.4, -0.2) is 40.7 Å². The van der Waals surface area contributed by atoms with Gasteiger partial charge in [0.15, 0.2) is 0 Å². The standard InChI is InChI=1S/C16H28N2OS/c17-15(20)6-10-18(13-4-5-13)14-7-11-19-16(12-14)8-2-1-3-9-16/h13-14H,1-12H2,(H2,17,20). The summed E-state index contributed by atoms with van der Waals surface area (Å²) in [7, 11) is 0. The minimum atomic E-state index is 0.206. The molecule has 2 saturated carbocycles. The van der Waals surface area contributed by atoms with Crippen LogP contribution in [0.4, 0.5) is 0 Å². The minimum absolute atomic E-state index is 0.206. The van der Waals surface area contributed by atoms with Crippen LogP contribution in [0, 0.1) is 0 Å². The molecule has 20 heavy (non-hydrogen) atoms. The van der Waals surface area contributed by atoms with Crippen molar-refractivity contribution in [1.82, 2.24) is 4.90 Å². The predicted molar refractivity (Wildman–Crippen MR) is 85.9 cm³/mol. The Balaban J connectivity index is 1.62. The summed E-state index contributed by atoms with van der Waals surface area (Å²) in [4.78, 5) is 3.37. The maximum Gasteiger partial charge on any atom is 0.0740 e. The first-order valence-electron chi connectivity index (χ1n) is 8.37. The average molecular weight is 296 g/mol. The molecule has 0 radical (unpaired) electrons. The predicted octanol–water partition coefficient (Wildman–Crippen LogP) is 3.01. The average Bonchev–Trinajstić information content (AvgIpc) is 3.24. The quantitative estimate of drug-likeness (QED) is 0.792. The molecule has 0 aromatic heterocycles. The van der Waals surface area contributed by atoms with Crippen molar-refractivity contribution in [2.24, 2.45) is 5.73 Å². The Labute approximate surface area is 128 Å². The molecule has 1 saturated heterocycles. The summed E-state index contributed by atoms with van der Waals surface area (Å²) in [6.07, 6.45) is 12.7. The summed E-state index contributed by atoms with van der Waals surface area (Å²) in [5, 5.41) is 0. The Morgan fingerprint density at radius 3 is 2.55 bits per heavy atom. The van der Waals surface area contributed by atoms with E-state index in [0.717, 1.165) is 25.6 Å².